The molecule has 5 heteroatoms. The van der Waals surface area contributed by atoms with Crippen molar-refractivity contribution in [2.75, 3.05) is 0 Å². The van der Waals surface area contributed by atoms with Gasteiger partial charge in [0.05, 0.1) is 13.2 Å². The van der Waals surface area contributed by atoms with Gasteiger partial charge in [-0.1, -0.05) is 6.07 Å². The maximum absolute atomic E-state index is 10.9. The topological polar surface area (TPSA) is 72.6 Å². The van der Waals surface area contributed by atoms with Gasteiger partial charge in [-0.05, 0) is 30.2 Å². The number of carboxylic acid groups (broad SMARTS) is 1. The summed E-state index contributed by atoms with van der Waals surface area (Å²) >= 11 is 0. The molecule has 0 spiro atoms. The van der Waals surface area contributed by atoms with Crippen LogP contribution < -0.4 is 0 Å². The lowest BCUT2D eigenvalue weighted by atomic mass is 10.1. The molecule has 2 heterocycles. The molecule has 0 amide bonds. The Kier molecular flexibility index (Phi) is 2.41. The molecule has 0 saturated carbocycles. The summed E-state index contributed by atoms with van der Waals surface area (Å²) in [6.45, 7) is 2.80. The second-order valence-corrected chi connectivity index (χ2v) is 4.21. The fourth-order valence-electron chi connectivity index (χ4n) is 2.02. The number of ether oxygens (including phenoxy) is 1. The lowest BCUT2D eigenvalue weighted by Crippen LogP contribution is -1.98. The van der Waals surface area contributed by atoms with Gasteiger partial charge in [-0.25, -0.2) is 9.78 Å². The Morgan fingerprint density at radius 2 is 2.11 bits per heavy atom. The SMILES string of the molecule is Cc1oc(-c2ccc3c(c2)COC3)nc1C(=O)O. The molecule has 0 saturated heterocycles. The minimum absolute atomic E-state index is 0.0400. The summed E-state index contributed by atoms with van der Waals surface area (Å²) in [4.78, 5) is 14.9. The molecule has 0 aliphatic carbocycles. The van der Waals surface area contributed by atoms with Gasteiger partial charge in [0.1, 0.15) is 5.76 Å². The molecule has 0 unspecified atom stereocenters. The van der Waals surface area contributed by atoms with Crippen LogP contribution in [0.4, 0.5) is 0 Å². The van der Waals surface area contributed by atoms with Gasteiger partial charge in [-0.15, -0.1) is 0 Å². The number of benzene rings is 1. The maximum Gasteiger partial charge on any atom is 0.358 e. The van der Waals surface area contributed by atoms with Crippen molar-refractivity contribution in [2.45, 2.75) is 20.1 Å². The second-order valence-electron chi connectivity index (χ2n) is 4.21. The number of nitrogens with zero attached hydrogens (tertiary/aromatic N) is 1. The summed E-state index contributed by atoms with van der Waals surface area (Å²) in [6, 6.07) is 5.75. The molecule has 18 heavy (non-hydrogen) atoms. The Morgan fingerprint density at radius 1 is 1.33 bits per heavy atom. The van der Waals surface area contributed by atoms with E-state index in [4.69, 9.17) is 14.3 Å². The predicted molar refractivity (Wildman–Crippen MR) is 62.1 cm³/mol. The number of aryl methyl sites for hydroxylation is 1. The molecule has 0 atom stereocenters. The molecular formula is C13H11NO4. The van der Waals surface area contributed by atoms with Gasteiger partial charge in [0, 0.05) is 5.56 Å². The van der Waals surface area contributed by atoms with Crippen molar-refractivity contribution in [1.82, 2.24) is 4.98 Å². The molecule has 1 aliphatic rings. The summed E-state index contributed by atoms with van der Waals surface area (Å²) < 4.78 is 10.7. The first-order chi connectivity index (χ1) is 8.65. The Hall–Kier alpha value is -2.14. The summed E-state index contributed by atoms with van der Waals surface area (Å²) in [5.74, 6) is -0.430. The number of aromatic carboxylic acids is 1. The third-order valence-corrected chi connectivity index (χ3v) is 2.97. The summed E-state index contributed by atoms with van der Waals surface area (Å²) in [6.07, 6.45) is 0. The lowest BCUT2D eigenvalue weighted by Gasteiger charge is -1.99. The first-order valence-corrected chi connectivity index (χ1v) is 5.56. The van der Waals surface area contributed by atoms with Gasteiger partial charge >= 0.3 is 5.97 Å². The Morgan fingerprint density at radius 3 is 2.83 bits per heavy atom. The molecule has 0 fully saturated rings. The normalized spacial score (nSPS) is 13.6. The minimum atomic E-state index is -1.08. The molecule has 3 rings (SSSR count). The quantitative estimate of drug-likeness (QED) is 0.879. The van der Waals surface area contributed by atoms with Crippen LogP contribution in [0.5, 0.6) is 0 Å². The van der Waals surface area contributed by atoms with Crippen molar-refractivity contribution in [2.24, 2.45) is 0 Å². The van der Waals surface area contributed by atoms with E-state index in [1.807, 2.05) is 18.2 Å². The van der Waals surface area contributed by atoms with E-state index in [0.717, 1.165) is 16.7 Å². The second kappa shape index (κ2) is 3.96. The van der Waals surface area contributed by atoms with Crippen LogP contribution in [0, 0.1) is 6.92 Å². The minimum Gasteiger partial charge on any atom is -0.476 e. The van der Waals surface area contributed by atoms with Crippen LogP contribution in [-0.2, 0) is 18.0 Å². The van der Waals surface area contributed by atoms with E-state index in [9.17, 15) is 4.79 Å². The fraction of sp³-hybridized carbons (Fsp3) is 0.231. The van der Waals surface area contributed by atoms with Crippen molar-refractivity contribution in [3.05, 3.63) is 40.8 Å². The molecule has 5 nitrogen and oxygen atoms in total. The third-order valence-electron chi connectivity index (χ3n) is 2.97. The van der Waals surface area contributed by atoms with Crippen molar-refractivity contribution in [3.63, 3.8) is 0 Å². The van der Waals surface area contributed by atoms with Gasteiger partial charge in [-0.3, -0.25) is 0 Å². The van der Waals surface area contributed by atoms with E-state index in [0.29, 0.717) is 24.9 Å². The smallest absolute Gasteiger partial charge is 0.358 e. The number of oxazole rings is 1. The first-order valence-electron chi connectivity index (χ1n) is 5.56. The largest absolute Gasteiger partial charge is 0.476 e. The monoisotopic (exact) mass is 245 g/mol. The van der Waals surface area contributed by atoms with Crippen LogP contribution in [0.15, 0.2) is 22.6 Å². The number of rotatable bonds is 2. The zero-order chi connectivity index (χ0) is 12.7. The summed E-state index contributed by atoms with van der Waals surface area (Å²) in [5.41, 5.74) is 2.98. The molecular weight excluding hydrogens is 234 g/mol. The standard InChI is InChI=1S/C13H11NO4/c1-7-11(13(15)16)14-12(18-7)8-2-3-9-5-17-6-10(9)4-8/h2-4H,5-6H2,1H3,(H,15,16). The third kappa shape index (κ3) is 1.69. The summed E-state index contributed by atoms with van der Waals surface area (Å²) in [5, 5.41) is 8.94. The molecule has 1 aromatic carbocycles. The molecule has 1 aliphatic heterocycles. The molecule has 1 N–H and O–H groups in total. The Labute approximate surface area is 103 Å². The number of carboxylic acids is 1. The van der Waals surface area contributed by atoms with Crippen LogP contribution in [0.3, 0.4) is 0 Å². The highest BCUT2D eigenvalue weighted by atomic mass is 16.5. The highest BCUT2D eigenvalue weighted by Gasteiger charge is 2.18. The van der Waals surface area contributed by atoms with E-state index in [1.54, 1.807) is 6.92 Å². The van der Waals surface area contributed by atoms with E-state index in [1.165, 1.54) is 0 Å². The number of fused-ring (bicyclic) bond motifs is 1. The van der Waals surface area contributed by atoms with Crippen LogP contribution in [0.2, 0.25) is 0 Å². The van der Waals surface area contributed by atoms with Gasteiger partial charge in [0.15, 0.2) is 5.69 Å². The van der Waals surface area contributed by atoms with E-state index in [-0.39, 0.29) is 5.69 Å². The van der Waals surface area contributed by atoms with E-state index in [2.05, 4.69) is 4.98 Å². The molecule has 0 bridgehead atoms. The maximum atomic E-state index is 10.9. The average Bonchev–Trinajstić information content (AvgIpc) is 2.93. The van der Waals surface area contributed by atoms with Gasteiger partial charge in [0.25, 0.3) is 0 Å². The number of carbonyl (C=O) groups is 1. The lowest BCUT2D eigenvalue weighted by molar-refractivity contribution is 0.0689. The molecule has 0 radical (unpaired) electrons. The molecule has 92 valence electrons. The van der Waals surface area contributed by atoms with Crippen molar-refractivity contribution in [1.29, 1.82) is 0 Å². The van der Waals surface area contributed by atoms with Crippen LogP contribution in [-0.4, -0.2) is 16.1 Å². The van der Waals surface area contributed by atoms with E-state index < -0.39 is 5.97 Å². The van der Waals surface area contributed by atoms with Crippen molar-refractivity contribution in [3.8, 4) is 11.5 Å². The molecule has 1 aromatic heterocycles. The zero-order valence-electron chi connectivity index (χ0n) is 9.77. The summed E-state index contributed by atoms with van der Waals surface area (Å²) in [7, 11) is 0. The zero-order valence-corrected chi connectivity index (χ0v) is 9.77. The fourth-order valence-corrected chi connectivity index (χ4v) is 2.02. The van der Waals surface area contributed by atoms with Crippen LogP contribution in [0.25, 0.3) is 11.5 Å². The van der Waals surface area contributed by atoms with Crippen LogP contribution in [0.1, 0.15) is 27.4 Å². The Bertz CT molecular complexity index is 630. The highest BCUT2D eigenvalue weighted by Crippen LogP contribution is 2.27. The first kappa shape index (κ1) is 11.0. The Balaban J connectivity index is 2.05. The molecule has 2 aromatic rings. The van der Waals surface area contributed by atoms with E-state index >= 15 is 0 Å². The van der Waals surface area contributed by atoms with Gasteiger partial charge in [0.2, 0.25) is 5.89 Å². The van der Waals surface area contributed by atoms with Crippen molar-refractivity contribution >= 4 is 5.97 Å². The van der Waals surface area contributed by atoms with Gasteiger partial charge < -0.3 is 14.3 Å². The van der Waals surface area contributed by atoms with Gasteiger partial charge in [-0.2, -0.15) is 0 Å². The predicted octanol–water partition coefficient (Wildman–Crippen LogP) is 2.38. The number of hydrogen-bond acceptors (Lipinski definition) is 4. The number of aromatic nitrogens is 1. The number of hydrogen-bond donors (Lipinski definition) is 1. The highest BCUT2D eigenvalue weighted by molar-refractivity contribution is 5.87. The van der Waals surface area contributed by atoms with Crippen LogP contribution >= 0.6 is 0 Å². The van der Waals surface area contributed by atoms with Crippen molar-refractivity contribution < 1.29 is 19.1 Å². The average molecular weight is 245 g/mol.